The number of carbonyl (C=O) groups is 4. The van der Waals surface area contributed by atoms with Gasteiger partial charge < -0.3 is 24.8 Å². The number of aromatic nitrogens is 9. The predicted molar refractivity (Wildman–Crippen MR) is 258 cm³/mol. The fourth-order valence-electron chi connectivity index (χ4n) is 10.9. The molecule has 23 heteroatoms. The van der Waals surface area contributed by atoms with E-state index in [1.807, 2.05) is 31.1 Å². The van der Waals surface area contributed by atoms with Crippen molar-refractivity contribution < 1.29 is 37.2 Å². The number of hydrogen-bond acceptors (Lipinski definition) is 15. The highest BCUT2D eigenvalue weighted by Gasteiger charge is 2.46. The minimum absolute atomic E-state index is 0.00335. The third-order valence-electron chi connectivity index (χ3n) is 15.1. The Labute approximate surface area is 412 Å². The standard InChI is InChI=1S/C49H57F2N15O6/c1-27(2)66-46-39(43(52)55-26-56-46)40(58-66)41-38(42(72-60-41)30-4-5-30)44-53-21-32(22-54-44)29-10-17-64(18-11-29)48(70)71-24-37(68)63-15-8-28(9-16-63)23-62-14-12-34(49(50,51)25-62)31-6-7-33-35(20-31)61(3)59-45(33)65-19-13-36(67)57-47(65)69/h6-7,20-22,26-30,34H,4-5,8-19,23-25H2,1-3H3,(H2,52,55,56)(H,57,67,69)/t34-/m1/s1. The van der Waals surface area contributed by atoms with Gasteiger partial charge in [-0.2, -0.15) is 10.2 Å². The molecule has 0 unspecified atom stereocenters. The van der Waals surface area contributed by atoms with Crippen molar-refractivity contribution in [3.63, 3.8) is 0 Å². The van der Waals surface area contributed by atoms with E-state index >= 15 is 8.78 Å². The summed E-state index contributed by atoms with van der Waals surface area (Å²) in [5.74, 6) is -2.25. The summed E-state index contributed by atoms with van der Waals surface area (Å²) in [6.07, 6.45) is 9.58. The molecule has 378 valence electrons. The summed E-state index contributed by atoms with van der Waals surface area (Å²) < 4.78 is 46.7. The zero-order chi connectivity index (χ0) is 50.0. The number of urea groups is 1. The van der Waals surface area contributed by atoms with Crippen LogP contribution in [0.15, 0.2) is 41.4 Å². The Morgan fingerprint density at radius 2 is 1.64 bits per heavy atom. The van der Waals surface area contributed by atoms with Crippen LogP contribution in [0.2, 0.25) is 0 Å². The fraction of sp³-hybridized carbons (Fsp3) is 0.531. The van der Waals surface area contributed by atoms with Crippen molar-refractivity contribution in [2.75, 3.05) is 69.6 Å². The molecular formula is C49H57F2N15O6. The molecule has 4 aliphatic heterocycles. The van der Waals surface area contributed by atoms with Crippen molar-refractivity contribution in [1.29, 1.82) is 0 Å². The Kier molecular flexibility index (Phi) is 12.3. The van der Waals surface area contributed by atoms with Gasteiger partial charge in [-0.15, -0.1) is 0 Å². The highest BCUT2D eigenvalue weighted by atomic mass is 19.3. The van der Waals surface area contributed by atoms with Crippen molar-refractivity contribution in [2.24, 2.45) is 13.0 Å². The van der Waals surface area contributed by atoms with Crippen LogP contribution < -0.4 is 16.0 Å². The van der Waals surface area contributed by atoms with E-state index in [1.54, 1.807) is 44.4 Å². The quantitative estimate of drug-likeness (QED) is 0.151. The van der Waals surface area contributed by atoms with Crippen LogP contribution in [-0.2, 0) is 21.4 Å². The summed E-state index contributed by atoms with van der Waals surface area (Å²) in [4.78, 5) is 75.4. The van der Waals surface area contributed by atoms with Crippen LogP contribution in [0.1, 0.15) is 106 Å². The lowest BCUT2D eigenvalue weighted by molar-refractivity contribution is -0.136. The number of alkyl halides is 2. The number of aryl methyl sites for hydroxylation is 1. The van der Waals surface area contributed by atoms with Crippen molar-refractivity contribution in [3.8, 4) is 22.8 Å². The monoisotopic (exact) mass is 989 g/mol. The number of imide groups is 1. The number of amides is 5. The second-order valence-electron chi connectivity index (χ2n) is 20.2. The van der Waals surface area contributed by atoms with Gasteiger partial charge in [0.25, 0.3) is 11.8 Å². The molecule has 5 aromatic heterocycles. The molecule has 0 spiro atoms. The second-order valence-corrected chi connectivity index (χ2v) is 20.2. The van der Waals surface area contributed by atoms with Gasteiger partial charge in [0.1, 0.15) is 23.5 Å². The van der Waals surface area contributed by atoms with Gasteiger partial charge in [0.15, 0.2) is 29.7 Å². The third-order valence-corrected chi connectivity index (χ3v) is 15.1. The number of hydrogen-bond donors (Lipinski definition) is 2. The molecule has 3 N–H and O–H groups in total. The van der Waals surface area contributed by atoms with E-state index in [2.05, 4.69) is 25.5 Å². The summed E-state index contributed by atoms with van der Waals surface area (Å²) in [5, 5.41) is 17.4. The number of benzene rings is 1. The first kappa shape index (κ1) is 47.2. The minimum atomic E-state index is -2.98. The van der Waals surface area contributed by atoms with E-state index in [0.717, 1.165) is 24.2 Å². The second kappa shape index (κ2) is 18.8. The van der Waals surface area contributed by atoms with Gasteiger partial charge in [-0.05, 0) is 100 Å². The van der Waals surface area contributed by atoms with Crippen LogP contribution in [0.5, 0.6) is 0 Å². The van der Waals surface area contributed by atoms with E-state index in [9.17, 15) is 19.2 Å². The van der Waals surface area contributed by atoms with Gasteiger partial charge in [0, 0.05) is 82.5 Å². The highest BCUT2D eigenvalue weighted by molar-refractivity contribution is 6.09. The third kappa shape index (κ3) is 8.95. The van der Waals surface area contributed by atoms with Crippen LogP contribution in [0, 0.1) is 5.92 Å². The van der Waals surface area contributed by atoms with E-state index in [-0.39, 0.29) is 68.1 Å². The van der Waals surface area contributed by atoms with Crippen LogP contribution in [0.3, 0.4) is 0 Å². The van der Waals surface area contributed by atoms with Crippen molar-refractivity contribution >= 4 is 57.5 Å². The average molecular weight is 990 g/mol. The lowest BCUT2D eigenvalue weighted by Gasteiger charge is -2.41. The number of anilines is 2. The van der Waals surface area contributed by atoms with E-state index in [4.69, 9.17) is 30.1 Å². The number of nitrogen functional groups attached to an aromatic ring is 1. The number of fused-ring (bicyclic) bond motifs is 2. The first-order valence-corrected chi connectivity index (χ1v) is 24.9. The zero-order valence-electron chi connectivity index (χ0n) is 40.5. The summed E-state index contributed by atoms with van der Waals surface area (Å²) >= 11 is 0. The van der Waals surface area contributed by atoms with Crippen molar-refractivity contribution in [3.05, 3.63) is 53.8 Å². The van der Waals surface area contributed by atoms with Gasteiger partial charge in [0.2, 0.25) is 5.91 Å². The Hall–Kier alpha value is -7.17. The van der Waals surface area contributed by atoms with Crippen LogP contribution in [0.4, 0.5) is 30.0 Å². The SMILES string of the molecule is CC(C)n1nc(-c2noc(C3CC3)c2-c2ncc(C3CCN(C(=O)OCC(=O)N4CCC(CN5CC[C@H](c6ccc7c(N8CCC(=O)NC8=O)nn(C)c7c6)C(F)(F)C5)CC4)CC3)cn2)c2c(N)ncnc21. The molecule has 4 saturated heterocycles. The van der Waals surface area contributed by atoms with Crippen LogP contribution in [0.25, 0.3) is 44.7 Å². The van der Waals surface area contributed by atoms with Gasteiger partial charge in [-0.1, -0.05) is 11.2 Å². The molecule has 1 aliphatic carbocycles. The minimum Gasteiger partial charge on any atom is -0.439 e. The summed E-state index contributed by atoms with van der Waals surface area (Å²) in [7, 11) is 1.71. The molecular weight excluding hydrogens is 933 g/mol. The molecule has 1 atom stereocenters. The van der Waals surface area contributed by atoms with Gasteiger partial charge in [-0.25, -0.2) is 43.0 Å². The molecule has 1 aromatic carbocycles. The fourth-order valence-corrected chi connectivity index (χ4v) is 10.9. The van der Waals surface area contributed by atoms with Crippen molar-refractivity contribution in [1.82, 2.24) is 64.7 Å². The Morgan fingerprint density at radius 3 is 2.35 bits per heavy atom. The maximum atomic E-state index is 15.9. The smallest absolute Gasteiger partial charge is 0.410 e. The first-order chi connectivity index (χ1) is 34.7. The first-order valence-electron chi connectivity index (χ1n) is 24.9. The van der Waals surface area contributed by atoms with Crippen molar-refractivity contribution in [2.45, 2.75) is 94.9 Å². The number of likely N-dealkylation sites (tertiary alicyclic amines) is 3. The number of piperidine rings is 3. The lowest BCUT2D eigenvalue weighted by Crippen LogP contribution is -2.50. The van der Waals surface area contributed by atoms with Gasteiger partial charge >= 0.3 is 12.1 Å². The molecule has 21 nitrogen and oxygen atoms in total. The number of halogens is 2. The van der Waals surface area contributed by atoms with E-state index in [0.29, 0.717) is 127 Å². The number of nitrogens with zero attached hydrogens (tertiary/aromatic N) is 13. The lowest BCUT2D eigenvalue weighted by atomic mass is 9.85. The number of nitrogens with two attached hydrogens (primary N) is 1. The Balaban J connectivity index is 0.638. The molecule has 72 heavy (non-hydrogen) atoms. The maximum Gasteiger partial charge on any atom is 0.410 e. The molecule has 0 bridgehead atoms. The number of ether oxygens (including phenoxy) is 1. The molecule has 11 rings (SSSR count). The van der Waals surface area contributed by atoms with Crippen LogP contribution in [-0.4, -0.2) is 148 Å². The van der Waals surface area contributed by atoms with Gasteiger partial charge in [-0.3, -0.25) is 29.4 Å². The molecule has 5 fully saturated rings. The molecule has 9 heterocycles. The number of rotatable bonds is 11. The Morgan fingerprint density at radius 1 is 0.889 bits per heavy atom. The van der Waals surface area contributed by atoms with Crippen LogP contribution >= 0.6 is 0 Å². The zero-order valence-corrected chi connectivity index (χ0v) is 40.5. The molecule has 5 aliphatic rings. The molecule has 5 amide bonds. The topological polar surface area (TPSA) is 242 Å². The average Bonchev–Trinajstić information content (AvgIpc) is 3.86. The molecule has 1 saturated carbocycles. The van der Waals surface area contributed by atoms with Gasteiger partial charge in [0.05, 0.1) is 28.9 Å². The Bertz CT molecular complexity index is 3060. The molecule has 0 radical (unpaired) electrons. The van der Waals surface area contributed by atoms with E-state index < -0.39 is 24.0 Å². The highest BCUT2D eigenvalue weighted by Crippen LogP contribution is 2.48. The number of nitrogens with one attached hydrogen (secondary N) is 1. The maximum absolute atomic E-state index is 15.9. The number of carbonyl (C=O) groups excluding carboxylic acids is 4. The molecule has 6 aromatic rings. The summed E-state index contributed by atoms with van der Waals surface area (Å²) in [6.45, 7) is 6.32. The summed E-state index contributed by atoms with van der Waals surface area (Å²) in [5.41, 5.74) is 10.8. The largest absolute Gasteiger partial charge is 0.439 e. The predicted octanol–water partition coefficient (Wildman–Crippen LogP) is 5.99. The normalized spacial score (nSPS) is 20.5. The van der Waals surface area contributed by atoms with E-state index in [1.165, 1.54) is 11.2 Å². The summed E-state index contributed by atoms with van der Waals surface area (Å²) in [6, 6.07) is 4.61.